The standard InChI is InChI=1S/C16H25NO2/c1-3-12(2)15-6-4-5-7-16(15)19-11-14(18)10-17-13-8-9-13/h4-7,12-14,17-18H,3,8-11H2,1-2H3. The molecule has 3 heteroatoms. The van der Waals surface area contributed by atoms with Crippen LogP contribution < -0.4 is 10.1 Å². The lowest BCUT2D eigenvalue weighted by Crippen LogP contribution is -2.32. The zero-order valence-corrected chi connectivity index (χ0v) is 11.9. The number of hydrogen-bond acceptors (Lipinski definition) is 3. The van der Waals surface area contributed by atoms with E-state index in [0.29, 0.717) is 25.1 Å². The van der Waals surface area contributed by atoms with Crippen LogP contribution in [0, 0.1) is 0 Å². The summed E-state index contributed by atoms with van der Waals surface area (Å²) >= 11 is 0. The Hall–Kier alpha value is -1.06. The maximum atomic E-state index is 9.89. The average molecular weight is 263 g/mol. The summed E-state index contributed by atoms with van der Waals surface area (Å²) in [5, 5.41) is 13.2. The maximum absolute atomic E-state index is 9.89. The quantitative estimate of drug-likeness (QED) is 0.757. The van der Waals surface area contributed by atoms with Crippen LogP contribution in [0.1, 0.15) is 44.6 Å². The van der Waals surface area contributed by atoms with Gasteiger partial charge in [0.25, 0.3) is 0 Å². The summed E-state index contributed by atoms with van der Waals surface area (Å²) in [4.78, 5) is 0. The molecule has 0 saturated heterocycles. The molecule has 0 radical (unpaired) electrons. The summed E-state index contributed by atoms with van der Waals surface area (Å²) < 4.78 is 5.78. The largest absolute Gasteiger partial charge is 0.491 e. The Kier molecular flexibility index (Phi) is 5.23. The Morgan fingerprint density at radius 2 is 2.11 bits per heavy atom. The van der Waals surface area contributed by atoms with Crippen molar-refractivity contribution >= 4 is 0 Å². The molecule has 1 saturated carbocycles. The number of para-hydroxylation sites is 1. The third-order valence-electron chi connectivity index (χ3n) is 3.71. The van der Waals surface area contributed by atoms with E-state index in [2.05, 4.69) is 25.2 Å². The average Bonchev–Trinajstić information content (AvgIpc) is 3.26. The van der Waals surface area contributed by atoms with Gasteiger partial charge in [0.15, 0.2) is 0 Å². The molecule has 0 aliphatic heterocycles. The van der Waals surface area contributed by atoms with E-state index in [1.165, 1.54) is 18.4 Å². The molecule has 3 nitrogen and oxygen atoms in total. The van der Waals surface area contributed by atoms with E-state index in [4.69, 9.17) is 4.74 Å². The number of rotatable bonds is 8. The highest BCUT2D eigenvalue weighted by molar-refractivity contribution is 5.35. The first kappa shape index (κ1) is 14.4. The predicted octanol–water partition coefficient (Wildman–Crippen LogP) is 2.69. The highest BCUT2D eigenvalue weighted by Crippen LogP contribution is 2.28. The summed E-state index contributed by atoms with van der Waals surface area (Å²) in [6.45, 7) is 5.35. The molecule has 0 heterocycles. The van der Waals surface area contributed by atoms with Crippen molar-refractivity contribution in [2.45, 2.75) is 51.2 Å². The zero-order valence-electron chi connectivity index (χ0n) is 11.9. The van der Waals surface area contributed by atoms with E-state index >= 15 is 0 Å². The van der Waals surface area contributed by atoms with Gasteiger partial charge in [-0.3, -0.25) is 0 Å². The van der Waals surface area contributed by atoms with Crippen LogP contribution in [0.3, 0.4) is 0 Å². The molecule has 2 atom stereocenters. The molecule has 1 aliphatic rings. The molecule has 19 heavy (non-hydrogen) atoms. The minimum atomic E-state index is -0.439. The van der Waals surface area contributed by atoms with Crippen LogP contribution in [-0.2, 0) is 0 Å². The zero-order chi connectivity index (χ0) is 13.7. The molecular formula is C16H25NO2. The van der Waals surface area contributed by atoms with Crippen LogP contribution in [0.15, 0.2) is 24.3 Å². The third-order valence-corrected chi connectivity index (χ3v) is 3.71. The normalized spacial score (nSPS) is 18.1. The fourth-order valence-electron chi connectivity index (χ4n) is 2.07. The summed E-state index contributed by atoms with van der Waals surface area (Å²) in [5.41, 5.74) is 1.23. The highest BCUT2D eigenvalue weighted by Gasteiger charge is 2.21. The summed E-state index contributed by atoms with van der Waals surface area (Å²) in [6, 6.07) is 8.75. The van der Waals surface area contributed by atoms with Crippen molar-refractivity contribution in [3.63, 3.8) is 0 Å². The van der Waals surface area contributed by atoms with Crippen LogP contribution >= 0.6 is 0 Å². The van der Waals surface area contributed by atoms with E-state index in [1.54, 1.807) is 0 Å². The Morgan fingerprint density at radius 3 is 2.79 bits per heavy atom. The molecule has 0 spiro atoms. The molecule has 1 aromatic rings. The van der Waals surface area contributed by atoms with Gasteiger partial charge in [0.2, 0.25) is 0 Å². The van der Waals surface area contributed by atoms with Gasteiger partial charge < -0.3 is 15.2 Å². The van der Waals surface area contributed by atoms with Crippen molar-refractivity contribution in [3.05, 3.63) is 29.8 Å². The SMILES string of the molecule is CCC(C)c1ccccc1OCC(O)CNC1CC1. The lowest BCUT2D eigenvalue weighted by molar-refractivity contribution is 0.105. The van der Waals surface area contributed by atoms with E-state index in [0.717, 1.165) is 12.2 Å². The van der Waals surface area contributed by atoms with E-state index < -0.39 is 6.10 Å². The molecule has 2 unspecified atom stereocenters. The Labute approximate surface area is 116 Å². The second-order valence-electron chi connectivity index (χ2n) is 5.49. The first-order chi connectivity index (χ1) is 9.20. The van der Waals surface area contributed by atoms with E-state index in [9.17, 15) is 5.11 Å². The van der Waals surface area contributed by atoms with Gasteiger partial charge in [-0.05, 0) is 36.8 Å². The first-order valence-corrected chi connectivity index (χ1v) is 7.33. The minimum Gasteiger partial charge on any atom is -0.491 e. The van der Waals surface area contributed by atoms with Crippen LogP contribution in [0.4, 0.5) is 0 Å². The second-order valence-corrected chi connectivity index (χ2v) is 5.49. The van der Waals surface area contributed by atoms with Crippen molar-refractivity contribution in [1.29, 1.82) is 0 Å². The van der Waals surface area contributed by atoms with Crippen LogP contribution in [0.25, 0.3) is 0 Å². The lowest BCUT2D eigenvalue weighted by Gasteiger charge is -2.18. The second kappa shape index (κ2) is 6.92. The summed E-state index contributed by atoms with van der Waals surface area (Å²) in [6.07, 6.45) is 3.13. The smallest absolute Gasteiger partial charge is 0.122 e. The molecule has 1 fully saturated rings. The summed E-state index contributed by atoms with van der Waals surface area (Å²) in [5.74, 6) is 1.39. The molecule has 2 N–H and O–H groups in total. The third kappa shape index (κ3) is 4.51. The predicted molar refractivity (Wildman–Crippen MR) is 77.7 cm³/mol. The number of hydrogen-bond donors (Lipinski definition) is 2. The molecule has 106 valence electrons. The number of aliphatic hydroxyl groups excluding tert-OH is 1. The Bertz CT molecular complexity index is 390. The minimum absolute atomic E-state index is 0.354. The van der Waals surface area contributed by atoms with Gasteiger partial charge in [-0.1, -0.05) is 32.0 Å². The van der Waals surface area contributed by atoms with Crippen LogP contribution in [0.2, 0.25) is 0 Å². The topological polar surface area (TPSA) is 41.5 Å². The number of aliphatic hydroxyl groups is 1. The van der Waals surface area contributed by atoms with Crippen molar-refractivity contribution in [2.24, 2.45) is 0 Å². The number of benzene rings is 1. The van der Waals surface area contributed by atoms with E-state index in [1.807, 2.05) is 18.2 Å². The first-order valence-electron chi connectivity index (χ1n) is 7.33. The highest BCUT2D eigenvalue weighted by atomic mass is 16.5. The monoisotopic (exact) mass is 263 g/mol. The fraction of sp³-hybridized carbons (Fsp3) is 0.625. The van der Waals surface area contributed by atoms with Gasteiger partial charge in [0.05, 0.1) is 0 Å². The lowest BCUT2D eigenvalue weighted by atomic mass is 9.98. The Morgan fingerprint density at radius 1 is 1.37 bits per heavy atom. The van der Waals surface area contributed by atoms with Gasteiger partial charge in [-0.25, -0.2) is 0 Å². The number of ether oxygens (including phenoxy) is 1. The molecule has 1 aromatic carbocycles. The van der Waals surface area contributed by atoms with Gasteiger partial charge >= 0.3 is 0 Å². The fourth-order valence-corrected chi connectivity index (χ4v) is 2.07. The van der Waals surface area contributed by atoms with Crippen LogP contribution in [0.5, 0.6) is 5.75 Å². The van der Waals surface area contributed by atoms with Gasteiger partial charge in [-0.15, -0.1) is 0 Å². The van der Waals surface area contributed by atoms with Crippen LogP contribution in [-0.4, -0.2) is 30.4 Å². The molecule has 0 amide bonds. The molecule has 1 aliphatic carbocycles. The molecule has 0 bridgehead atoms. The molecular weight excluding hydrogens is 238 g/mol. The van der Waals surface area contributed by atoms with Crippen molar-refractivity contribution < 1.29 is 9.84 Å². The van der Waals surface area contributed by atoms with Gasteiger partial charge in [-0.2, -0.15) is 0 Å². The van der Waals surface area contributed by atoms with E-state index in [-0.39, 0.29) is 0 Å². The van der Waals surface area contributed by atoms with Crippen molar-refractivity contribution in [3.8, 4) is 5.75 Å². The molecule has 0 aromatic heterocycles. The van der Waals surface area contributed by atoms with Gasteiger partial charge in [0, 0.05) is 12.6 Å². The van der Waals surface area contributed by atoms with Crippen molar-refractivity contribution in [2.75, 3.05) is 13.2 Å². The Balaban J connectivity index is 1.83. The van der Waals surface area contributed by atoms with Crippen molar-refractivity contribution in [1.82, 2.24) is 5.32 Å². The maximum Gasteiger partial charge on any atom is 0.122 e. The summed E-state index contributed by atoms with van der Waals surface area (Å²) in [7, 11) is 0. The van der Waals surface area contributed by atoms with Gasteiger partial charge in [0.1, 0.15) is 18.5 Å². The molecule has 2 rings (SSSR count). The number of nitrogens with one attached hydrogen (secondary N) is 1.